The van der Waals surface area contributed by atoms with Crippen molar-refractivity contribution in [2.75, 3.05) is 33.3 Å². The van der Waals surface area contributed by atoms with E-state index in [1.807, 2.05) is 24.3 Å². The number of halogens is 2. The van der Waals surface area contributed by atoms with Crippen molar-refractivity contribution < 1.29 is 18.7 Å². The smallest absolute Gasteiger partial charge is 0.258 e. The van der Waals surface area contributed by atoms with Crippen molar-refractivity contribution in [3.8, 4) is 5.75 Å². The highest BCUT2D eigenvalue weighted by atomic mass is 35.5. The average molecular weight is 391 g/mol. The number of rotatable bonds is 4. The maximum atomic E-state index is 14.0. The van der Waals surface area contributed by atoms with Gasteiger partial charge in [0.25, 0.3) is 5.91 Å². The molecule has 1 fully saturated rings. The first-order valence-electron chi connectivity index (χ1n) is 8.63. The second kappa shape index (κ2) is 8.39. The summed E-state index contributed by atoms with van der Waals surface area (Å²) in [5.74, 6) is -0.341. The molecule has 3 rings (SSSR count). The lowest BCUT2D eigenvalue weighted by Gasteiger charge is -2.35. The number of hydrogen-bond acceptors (Lipinski definition) is 3. The van der Waals surface area contributed by atoms with E-state index >= 15 is 0 Å². The molecule has 7 heteroatoms. The Balaban J connectivity index is 1.58. The maximum Gasteiger partial charge on any atom is 0.258 e. The lowest BCUT2D eigenvalue weighted by atomic mass is 10.1. The van der Waals surface area contributed by atoms with Crippen LogP contribution >= 0.6 is 11.6 Å². The number of ether oxygens (including phenoxy) is 1. The number of carbonyl (C=O) groups is 2. The minimum absolute atomic E-state index is 0.00353. The van der Waals surface area contributed by atoms with Crippen LogP contribution in [-0.4, -0.2) is 54.9 Å². The summed E-state index contributed by atoms with van der Waals surface area (Å²) in [6, 6.07) is 11.5. The van der Waals surface area contributed by atoms with Gasteiger partial charge in [-0.1, -0.05) is 29.8 Å². The van der Waals surface area contributed by atoms with Gasteiger partial charge in [0.2, 0.25) is 5.91 Å². The second-order valence-electron chi connectivity index (χ2n) is 6.29. The van der Waals surface area contributed by atoms with Crippen molar-refractivity contribution in [1.82, 2.24) is 9.80 Å². The SMILES string of the molecule is COc1ccc(CC(=O)N2CCN(C(=O)c3c(F)cccc3Cl)CC2)cc1. The first kappa shape index (κ1) is 19.2. The Labute approximate surface area is 162 Å². The molecule has 0 radical (unpaired) electrons. The number of hydrogen-bond donors (Lipinski definition) is 0. The highest BCUT2D eigenvalue weighted by molar-refractivity contribution is 6.33. The summed E-state index contributed by atoms with van der Waals surface area (Å²) >= 11 is 5.97. The van der Waals surface area contributed by atoms with Crippen LogP contribution in [0.1, 0.15) is 15.9 Å². The third-order valence-corrected chi connectivity index (χ3v) is 4.93. The molecular formula is C20H20ClFN2O3. The van der Waals surface area contributed by atoms with Crippen LogP contribution in [0.25, 0.3) is 0 Å². The highest BCUT2D eigenvalue weighted by Gasteiger charge is 2.27. The Morgan fingerprint density at radius 2 is 1.67 bits per heavy atom. The molecule has 0 N–H and O–H groups in total. The van der Waals surface area contributed by atoms with Gasteiger partial charge in [-0.25, -0.2) is 4.39 Å². The number of methoxy groups -OCH3 is 1. The normalized spacial score (nSPS) is 14.2. The van der Waals surface area contributed by atoms with E-state index < -0.39 is 11.7 Å². The summed E-state index contributed by atoms with van der Waals surface area (Å²) in [5.41, 5.74) is 0.787. The number of benzene rings is 2. The number of nitrogens with zero attached hydrogens (tertiary/aromatic N) is 2. The molecule has 2 aromatic rings. The van der Waals surface area contributed by atoms with Crippen molar-refractivity contribution in [3.63, 3.8) is 0 Å². The summed E-state index contributed by atoms with van der Waals surface area (Å²) < 4.78 is 19.1. The number of piperazine rings is 1. The molecule has 0 aromatic heterocycles. The molecule has 0 atom stereocenters. The van der Waals surface area contributed by atoms with Crippen LogP contribution < -0.4 is 4.74 Å². The van der Waals surface area contributed by atoms with Crippen molar-refractivity contribution in [2.24, 2.45) is 0 Å². The fourth-order valence-corrected chi connectivity index (χ4v) is 3.29. The van der Waals surface area contributed by atoms with Crippen LogP contribution in [0.4, 0.5) is 4.39 Å². The molecule has 2 aromatic carbocycles. The van der Waals surface area contributed by atoms with E-state index in [0.717, 1.165) is 11.3 Å². The van der Waals surface area contributed by atoms with Gasteiger partial charge in [-0.2, -0.15) is 0 Å². The number of amides is 2. The molecule has 0 aliphatic carbocycles. The van der Waals surface area contributed by atoms with Gasteiger partial charge < -0.3 is 14.5 Å². The third kappa shape index (κ3) is 4.39. The van der Waals surface area contributed by atoms with Crippen molar-refractivity contribution in [2.45, 2.75) is 6.42 Å². The van der Waals surface area contributed by atoms with Gasteiger partial charge in [-0.3, -0.25) is 9.59 Å². The van der Waals surface area contributed by atoms with E-state index in [0.29, 0.717) is 26.2 Å². The van der Waals surface area contributed by atoms with Crippen LogP contribution in [0.2, 0.25) is 5.02 Å². The van der Waals surface area contributed by atoms with Gasteiger partial charge in [0, 0.05) is 26.2 Å². The molecule has 1 aliphatic rings. The van der Waals surface area contributed by atoms with E-state index in [1.165, 1.54) is 23.1 Å². The molecule has 0 saturated carbocycles. The van der Waals surface area contributed by atoms with E-state index in [9.17, 15) is 14.0 Å². The maximum absolute atomic E-state index is 14.0. The van der Waals surface area contributed by atoms with Crippen LogP contribution in [0.15, 0.2) is 42.5 Å². The fourth-order valence-electron chi connectivity index (χ4n) is 3.05. The Kier molecular flexibility index (Phi) is 5.96. The summed E-state index contributed by atoms with van der Waals surface area (Å²) in [4.78, 5) is 28.3. The van der Waals surface area contributed by atoms with E-state index in [2.05, 4.69) is 0 Å². The monoisotopic (exact) mass is 390 g/mol. The number of carbonyl (C=O) groups excluding carboxylic acids is 2. The van der Waals surface area contributed by atoms with Gasteiger partial charge in [0.15, 0.2) is 0 Å². The highest BCUT2D eigenvalue weighted by Crippen LogP contribution is 2.21. The Hall–Kier alpha value is -2.60. The van der Waals surface area contributed by atoms with Crippen molar-refractivity contribution in [1.29, 1.82) is 0 Å². The van der Waals surface area contributed by atoms with Crippen LogP contribution in [0, 0.1) is 5.82 Å². The minimum atomic E-state index is -0.634. The molecule has 1 saturated heterocycles. The van der Waals surface area contributed by atoms with Gasteiger partial charge in [-0.05, 0) is 29.8 Å². The van der Waals surface area contributed by atoms with E-state index in [-0.39, 0.29) is 22.9 Å². The third-order valence-electron chi connectivity index (χ3n) is 4.61. The molecule has 0 unspecified atom stereocenters. The summed E-state index contributed by atoms with van der Waals surface area (Å²) in [6.07, 6.45) is 0.289. The zero-order valence-corrected chi connectivity index (χ0v) is 15.7. The van der Waals surface area contributed by atoms with E-state index in [1.54, 1.807) is 12.0 Å². The first-order valence-corrected chi connectivity index (χ1v) is 9.01. The van der Waals surface area contributed by atoms with Gasteiger partial charge in [0.05, 0.1) is 24.1 Å². The molecule has 142 valence electrons. The summed E-state index contributed by atoms with van der Waals surface area (Å²) in [5, 5.41) is 0.0954. The van der Waals surface area contributed by atoms with E-state index in [4.69, 9.17) is 16.3 Å². The lowest BCUT2D eigenvalue weighted by molar-refractivity contribution is -0.131. The fraction of sp³-hybridized carbons (Fsp3) is 0.300. The molecule has 0 spiro atoms. The molecule has 2 amide bonds. The molecule has 1 aliphatic heterocycles. The van der Waals surface area contributed by atoms with Gasteiger partial charge in [-0.15, -0.1) is 0 Å². The van der Waals surface area contributed by atoms with Crippen molar-refractivity contribution in [3.05, 3.63) is 64.4 Å². The molecule has 5 nitrogen and oxygen atoms in total. The van der Waals surface area contributed by atoms with Crippen LogP contribution in [0.3, 0.4) is 0 Å². The molecule has 1 heterocycles. The Morgan fingerprint density at radius 1 is 1.04 bits per heavy atom. The predicted octanol–water partition coefficient (Wildman–Crippen LogP) is 3.01. The summed E-state index contributed by atoms with van der Waals surface area (Å²) in [6.45, 7) is 1.51. The Morgan fingerprint density at radius 3 is 2.26 bits per heavy atom. The quantitative estimate of drug-likeness (QED) is 0.806. The molecule has 0 bridgehead atoms. The topological polar surface area (TPSA) is 49.9 Å². The largest absolute Gasteiger partial charge is 0.497 e. The van der Waals surface area contributed by atoms with Crippen LogP contribution in [0.5, 0.6) is 5.75 Å². The second-order valence-corrected chi connectivity index (χ2v) is 6.70. The zero-order valence-electron chi connectivity index (χ0n) is 15.0. The standard InChI is InChI=1S/C20H20ClFN2O3/c1-27-15-7-5-14(6-8-15)13-18(25)23-9-11-24(12-10-23)20(26)19-16(21)3-2-4-17(19)22/h2-8H,9-13H2,1H3. The average Bonchev–Trinajstić information content (AvgIpc) is 2.68. The lowest BCUT2D eigenvalue weighted by Crippen LogP contribution is -2.51. The van der Waals surface area contributed by atoms with Crippen LogP contribution in [-0.2, 0) is 11.2 Å². The van der Waals surface area contributed by atoms with Gasteiger partial charge in [0.1, 0.15) is 11.6 Å². The first-order chi connectivity index (χ1) is 13.0. The van der Waals surface area contributed by atoms with Gasteiger partial charge >= 0.3 is 0 Å². The zero-order chi connectivity index (χ0) is 19.4. The summed E-state index contributed by atoms with van der Waals surface area (Å²) in [7, 11) is 1.59. The predicted molar refractivity (Wildman–Crippen MR) is 101 cm³/mol. The minimum Gasteiger partial charge on any atom is -0.497 e. The molecular weight excluding hydrogens is 371 g/mol. The molecule has 27 heavy (non-hydrogen) atoms. The Bertz CT molecular complexity index is 813. The van der Waals surface area contributed by atoms with Crippen molar-refractivity contribution >= 4 is 23.4 Å².